The van der Waals surface area contributed by atoms with Crippen LogP contribution in [0.4, 0.5) is 0 Å². The first kappa shape index (κ1) is 7.95. The van der Waals surface area contributed by atoms with Gasteiger partial charge in [-0.15, -0.1) is 11.6 Å². The Bertz CT molecular complexity index is 209. The summed E-state index contributed by atoms with van der Waals surface area (Å²) in [7, 11) is 0. The molecule has 0 radical (unpaired) electrons. The average molecular weight is 177 g/mol. The van der Waals surface area contributed by atoms with Gasteiger partial charge in [-0.2, -0.15) is 4.37 Å². The Hall–Kier alpha value is -0.150. The topological polar surface area (TPSA) is 25.8 Å². The monoisotopic (exact) mass is 176 g/mol. The van der Waals surface area contributed by atoms with E-state index in [0.29, 0.717) is 0 Å². The fraction of sp³-hybridized carbons (Fsp3) is 0.667. The molecule has 0 bridgehead atoms. The molecule has 1 heterocycles. The molecule has 2 nitrogen and oxygen atoms in total. The summed E-state index contributed by atoms with van der Waals surface area (Å²) in [6, 6.07) is 0. The molecule has 1 aromatic rings. The Morgan fingerprint density at radius 2 is 2.40 bits per heavy atom. The van der Waals surface area contributed by atoms with E-state index in [0.717, 1.165) is 17.3 Å². The van der Waals surface area contributed by atoms with Crippen LogP contribution in [0.1, 0.15) is 17.8 Å². The van der Waals surface area contributed by atoms with Gasteiger partial charge in [0, 0.05) is 11.8 Å². The van der Waals surface area contributed by atoms with Crippen molar-refractivity contribution in [3.63, 3.8) is 0 Å². The van der Waals surface area contributed by atoms with Gasteiger partial charge in [-0.1, -0.05) is 0 Å². The number of alkyl halides is 1. The van der Waals surface area contributed by atoms with Gasteiger partial charge in [-0.05, 0) is 25.4 Å². The van der Waals surface area contributed by atoms with Crippen molar-refractivity contribution in [1.82, 2.24) is 9.36 Å². The van der Waals surface area contributed by atoms with Crippen molar-refractivity contribution in [1.29, 1.82) is 0 Å². The Morgan fingerprint density at radius 3 is 2.80 bits per heavy atom. The number of hydrogen-bond acceptors (Lipinski definition) is 3. The van der Waals surface area contributed by atoms with E-state index in [9.17, 15) is 0 Å². The second-order valence-electron chi connectivity index (χ2n) is 2.22. The van der Waals surface area contributed by atoms with Crippen LogP contribution in [0.2, 0.25) is 0 Å². The van der Waals surface area contributed by atoms with Crippen LogP contribution in [-0.2, 0) is 6.42 Å². The summed E-state index contributed by atoms with van der Waals surface area (Å²) in [6.45, 7) is 3.84. The maximum Gasteiger partial charge on any atom is 0.139 e. The van der Waals surface area contributed by atoms with Crippen molar-refractivity contribution in [2.24, 2.45) is 0 Å². The lowest BCUT2D eigenvalue weighted by Crippen LogP contribution is -1.95. The van der Waals surface area contributed by atoms with E-state index in [-0.39, 0.29) is 5.38 Å². The van der Waals surface area contributed by atoms with Gasteiger partial charge in [0.05, 0.1) is 0 Å². The van der Waals surface area contributed by atoms with Gasteiger partial charge in [0.2, 0.25) is 0 Å². The van der Waals surface area contributed by atoms with E-state index >= 15 is 0 Å². The molecule has 0 saturated heterocycles. The van der Waals surface area contributed by atoms with Gasteiger partial charge in [0.25, 0.3) is 0 Å². The van der Waals surface area contributed by atoms with Crippen LogP contribution in [0, 0.1) is 6.92 Å². The minimum Gasteiger partial charge on any atom is -0.225 e. The molecule has 0 aliphatic carbocycles. The molecule has 1 unspecified atom stereocenters. The summed E-state index contributed by atoms with van der Waals surface area (Å²) >= 11 is 7.19. The predicted octanol–water partition coefficient (Wildman–Crippen LogP) is 2.02. The molecule has 56 valence electrons. The van der Waals surface area contributed by atoms with Crippen LogP contribution in [-0.4, -0.2) is 14.7 Å². The first-order valence-corrected chi connectivity index (χ1v) is 4.32. The Morgan fingerprint density at radius 1 is 1.70 bits per heavy atom. The van der Waals surface area contributed by atoms with E-state index in [1.807, 2.05) is 13.8 Å². The van der Waals surface area contributed by atoms with Crippen molar-refractivity contribution >= 4 is 23.1 Å². The molecule has 0 amide bonds. The summed E-state index contributed by atoms with van der Waals surface area (Å²) in [4.78, 5) is 4.17. The third kappa shape index (κ3) is 2.23. The highest BCUT2D eigenvalue weighted by molar-refractivity contribution is 7.05. The third-order valence-electron chi connectivity index (χ3n) is 1.03. The molecule has 4 heteroatoms. The fourth-order valence-corrected chi connectivity index (χ4v) is 1.68. The van der Waals surface area contributed by atoms with E-state index in [1.165, 1.54) is 11.5 Å². The molecule has 0 N–H and O–H groups in total. The van der Waals surface area contributed by atoms with E-state index in [2.05, 4.69) is 9.36 Å². The number of rotatable bonds is 2. The third-order valence-corrected chi connectivity index (χ3v) is 2.00. The summed E-state index contributed by atoms with van der Waals surface area (Å²) in [6.07, 6.45) is 0.826. The second kappa shape index (κ2) is 3.30. The number of nitrogens with zero attached hydrogens (tertiary/aromatic N) is 2. The maximum atomic E-state index is 5.76. The van der Waals surface area contributed by atoms with Gasteiger partial charge in [0.1, 0.15) is 10.8 Å². The molecule has 0 spiro atoms. The quantitative estimate of drug-likeness (QED) is 0.645. The number of aryl methyl sites for hydroxylation is 1. The number of aromatic nitrogens is 2. The first-order chi connectivity index (χ1) is 4.68. The highest BCUT2D eigenvalue weighted by Gasteiger charge is 2.03. The standard InChI is InChI=1S/C6H9ClN2S/c1-4(7)3-6-8-5(2)9-10-6/h4H,3H2,1-2H3. The molecular weight excluding hydrogens is 168 g/mol. The van der Waals surface area contributed by atoms with Crippen LogP contribution >= 0.6 is 23.1 Å². The highest BCUT2D eigenvalue weighted by atomic mass is 35.5. The van der Waals surface area contributed by atoms with Crippen molar-refractivity contribution in [2.45, 2.75) is 25.6 Å². The molecule has 1 aromatic heterocycles. The van der Waals surface area contributed by atoms with Gasteiger partial charge in [-0.25, -0.2) is 4.98 Å². The molecule has 10 heavy (non-hydrogen) atoms. The summed E-state index contributed by atoms with van der Waals surface area (Å²) < 4.78 is 4.04. The zero-order chi connectivity index (χ0) is 7.56. The highest BCUT2D eigenvalue weighted by Crippen LogP contribution is 2.09. The lowest BCUT2D eigenvalue weighted by molar-refractivity contribution is 0.909. The molecule has 0 aliphatic heterocycles. The Kier molecular flexibility index (Phi) is 2.63. The maximum absolute atomic E-state index is 5.76. The minimum absolute atomic E-state index is 0.160. The van der Waals surface area contributed by atoms with Crippen LogP contribution < -0.4 is 0 Å². The lowest BCUT2D eigenvalue weighted by atomic mass is 10.3. The molecule has 0 aliphatic rings. The number of hydrogen-bond donors (Lipinski definition) is 0. The Labute approximate surface area is 69.4 Å². The molecular formula is C6H9ClN2S. The fourth-order valence-electron chi connectivity index (χ4n) is 0.664. The zero-order valence-electron chi connectivity index (χ0n) is 5.97. The molecule has 1 rings (SSSR count). The smallest absolute Gasteiger partial charge is 0.139 e. The molecule has 0 fully saturated rings. The largest absolute Gasteiger partial charge is 0.225 e. The predicted molar refractivity (Wildman–Crippen MR) is 43.7 cm³/mol. The van der Waals surface area contributed by atoms with E-state index in [1.54, 1.807) is 0 Å². The van der Waals surface area contributed by atoms with Crippen molar-refractivity contribution in [3.8, 4) is 0 Å². The van der Waals surface area contributed by atoms with Crippen LogP contribution in [0.3, 0.4) is 0 Å². The number of halogens is 1. The normalized spacial score (nSPS) is 13.5. The summed E-state index contributed by atoms with van der Waals surface area (Å²) in [5.74, 6) is 0.845. The SMILES string of the molecule is Cc1nsc(CC(C)Cl)n1. The van der Waals surface area contributed by atoms with Crippen LogP contribution in [0.15, 0.2) is 0 Å². The van der Waals surface area contributed by atoms with Gasteiger partial charge in [-0.3, -0.25) is 0 Å². The van der Waals surface area contributed by atoms with Crippen LogP contribution in [0.25, 0.3) is 0 Å². The van der Waals surface area contributed by atoms with Crippen LogP contribution in [0.5, 0.6) is 0 Å². The molecule has 0 aromatic carbocycles. The lowest BCUT2D eigenvalue weighted by Gasteiger charge is -1.94. The van der Waals surface area contributed by atoms with Crippen molar-refractivity contribution in [3.05, 3.63) is 10.8 Å². The molecule has 0 saturated carbocycles. The van der Waals surface area contributed by atoms with E-state index < -0.39 is 0 Å². The summed E-state index contributed by atoms with van der Waals surface area (Å²) in [5, 5.41) is 1.19. The van der Waals surface area contributed by atoms with Gasteiger partial charge in [0.15, 0.2) is 0 Å². The second-order valence-corrected chi connectivity index (χ2v) is 3.80. The van der Waals surface area contributed by atoms with Crippen molar-refractivity contribution < 1.29 is 0 Å². The average Bonchev–Trinajstić information content (AvgIpc) is 2.13. The molecule has 1 atom stereocenters. The van der Waals surface area contributed by atoms with Crippen molar-refractivity contribution in [2.75, 3.05) is 0 Å². The van der Waals surface area contributed by atoms with E-state index in [4.69, 9.17) is 11.6 Å². The minimum atomic E-state index is 0.160. The van der Waals surface area contributed by atoms with Gasteiger partial charge >= 0.3 is 0 Å². The summed E-state index contributed by atoms with van der Waals surface area (Å²) in [5.41, 5.74) is 0. The zero-order valence-corrected chi connectivity index (χ0v) is 7.54. The first-order valence-electron chi connectivity index (χ1n) is 3.11. The van der Waals surface area contributed by atoms with Gasteiger partial charge < -0.3 is 0 Å². The Balaban J connectivity index is 2.58.